The molecule has 2 saturated heterocycles. The summed E-state index contributed by atoms with van der Waals surface area (Å²) >= 11 is 0. The highest BCUT2D eigenvalue weighted by atomic mass is 32.2. The van der Waals surface area contributed by atoms with E-state index >= 15 is 0 Å². The Morgan fingerprint density at radius 1 is 1.08 bits per heavy atom. The Morgan fingerprint density at radius 2 is 1.64 bits per heavy atom. The van der Waals surface area contributed by atoms with Crippen LogP contribution in [0.25, 0.3) is 0 Å². The van der Waals surface area contributed by atoms with Crippen molar-refractivity contribution in [3.05, 3.63) is 0 Å². The van der Waals surface area contributed by atoms with Crippen LogP contribution >= 0.6 is 0 Å². The molecule has 2 fully saturated rings. The van der Waals surface area contributed by atoms with Gasteiger partial charge in [-0.05, 0) is 25.7 Å². The van der Waals surface area contributed by atoms with E-state index < -0.39 is 10.0 Å². The molecule has 0 aromatic heterocycles. The number of sulfonamides is 1. The first-order valence-electron chi connectivity index (χ1n) is 9.05. The Morgan fingerprint density at radius 3 is 2.12 bits per heavy atom. The lowest BCUT2D eigenvalue weighted by atomic mass is 9.98. The summed E-state index contributed by atoms with van der Waals surface area (Å²) in [7, 11) is -3.07. The molecule has 0 aromatic rings. The second-order valence-electron chi connectivity index (χ2n) is 6.79. The number of carbonyl (C=O) groups excluding carboxylic acids is 1. The Kier molecular flexibility index (Phi) is 7.06. The van der Waals surface area contributed by atoms with Gasteiger partial charge in [0.05, 0.1) is 6.26 Å². The smallest absolute Gasteiger partial charge is 0.219 e. The van der Waals surface area contributed by atoms with E-state index in [2.05, 4.69) is 10.2 Å². The van der Waals surface area contributed by atoms with E-state index in [0.29, 0.717) is 25.6 Å². The Labute approximate surface area is 151 Å². The zero-order valence-corrected chi connectivity index (χ0v) is 16.4. The number of piperazine rings is 1. The standard InChI is InChI=1S/C16H31N5O3S/c1-4-17-16(20-11-9-19(10-12-20)14(2)22)18-13-15-5-7-21(8-6-15)25(3,23)24/h15H,4-13H2,1-3H3,(H,17,18). The molecule has 2 heterocycles. The summed E-state index contributed by atoms with van der Waals surface area (Å²) in [5.74, 6) is 1.45. The molecule has 2 aliphatic heterocycles. The van der Waals surface area contributed by atoms with E-state index in [1.165, 1.54) is 6.26 Å². The Balaban J connectivity index is 1.87. The molecule has 25 heavy (non-hydrogen) atoms. The van der Waals surface area contributed by atoms with Gasteiger partial charge in [-0.15, -0.1) is 0 Å². The van der Waals surface area contributed by atoms with Crippen LogP contribution in [0.5, 0.6) is 0 Å². The lowest BCUT2D eigenvalue weighted by Gasteiger charge is -2.36. The van der Waals surface area contributed by atoms with Crippen LogP contribution in [0, 0.1) is 5.92 Å². The quantitative estimate of drug-likeness (QED) is 0.544. The average Bonchev–Trinajstić information content (AvgIpc) is 2.58. The van der Waals surface area contributed by atoms with Crippen LogP contribution in [0.3, 0.4) is 0 Å². The van der Waals surface area contributed by atoms with Gasteiger partial charge in [0.2, 0.25) is 15.9 Å². The number of carbonyl (C=O) groups is 1. The van der Waals surface area contributed by atoms with Gasteiger partial charge < -0.3 is 15.1 Å². The summed E-state index contributed by atoms with van der Waals surface area (Å²) < 4.78 is 24.7. The SMILES string of the molecule is CCNC(=NCC1CCN(S(C)(=O)=O)CC1)N1CCN(C(C)=O)CC1. The van der Waals surface area contributed by atoms with Crippen LogP contribution < -0.4 is 5.32 Å². The molecular weight excluding hydrogens is 342 g/mol. The molecule has 0 radical (unpaired) electrons. The minimum atomic E-state index is -3.07. The van der Waals surface area contributed by atoms with Crippen molar-refractivity contribution < 1.29 is 13.2 Å². The maximum absolute atomic E-state index is 11.6. The largest absolute Gasteiger partial charge is 0.357 e. The van der Waals surface area contributed by atoms with Crippen molar-refractivity contribution in [2.24, 2.45) is 10.9 Å². The molecule has 0 bridgehead atoms. The van der Waals surface area contributed by atoms with E-state index in [9.17, 15) is 13.2 Å². The summed E-state index contributed by atoms with van der Waals surface area (Å²) in [6, 6.07) is 0. The fourth-order valence-electron chi connectivity index (χ4n) is 3.30. The van der Waals surface area contributed by atoms with Gasteiger partial charge in [0.25, 0.3) is 0 Å². The van der Waals surface area contributed by atoms with Crippen molar-refractivity contribution in [1.82, 2.24) is 19.4 Å². The number of hydrogen-bond acceptors (Lipinski definition) is 4. The van der Waals surface area contributed by atoms with E-state index in [1.54, 1.807) is 11.2 Å². The number of rotatable bonds is 4. The second-order valence-corrected chi connectivity index (χ2v) is 8.78. The minimum absolute atomic E-state index is 0.124. The maximum atomic E-state index is 11.6. The summed E-state index contributed by atoms with van der Waals surface area (Å²) in [5.41, 5.74) is 0. The first kappa shape index (κ1) is 20.0. The molecule has 2 aliphatic rings. The van der Waals surface area contributed by atoms with Crippen LogP contribution in [-0.2, 0) is 14.8 Å². The highest BCUT2D eigenvalue weighted by molar-refractivity contribution is 7.88. The number of nitrogens with zero attached hydrogens (tertiary/aromatic N) is 4. The number of aliphatic imine (C=N–C) groups is 1. The van der Waals surface area contributed by atoms with Gasteiger partial charge >= 0.3 is 0 Å². The van der Waals surface area contributed by atoms with Crippen LogP contribution in [-0.4, -0.2) is 93.0 Å². The minimum Gasteiger partial charge on any atom is -0.357 e. The van der Waals surface area contributed by atoms with Gasteiger partial charge in [-0.25, -0.2) is 12.7 Å². The van der Waals surface area contributed by atoms with Crippen molar-refractivity contribution in [3.8, 4) is 0 Å². The van der Waals surface area contributed by atoms with Crippen LogP contribution in [0.2, 0.25) is 0 Å². The third kappa shape index (κ3) is 5.85. The van der Waals surface area contributed by atoms with Crippen molar-refractivity contribution in [1.29, 1.82) is 0 Å². The topological polar surface area (TPSA) is 85.3 Å². The van der Waals surface area contributed by atoms with Crippen LogP contribution in [0.4, 0.5) is 0 Å². The molecule has 8 nitrogen and oxygen atoms in total. The van der Waals surface area contributed by atoms with Gasteiger partial charge in [0.1, 0.15) is 0 Å². The van der Waals surface area contributed by atoms with Crippen molar-refractivity contribution >= 4 is 21.9 Å². The molecule has 2 rings (SSSR count). The summed E-state index contributed by atoms with van der Waals surface area (Å²) in [4.78, 5) is 20.3. The zero-order chi connectivity index (χ0) is 18.4. The molecule has 0 unspecified atom stereocenters. The first-order chi connectivity index (χ1) is 11.8. The number of hydrogen-bond donors (Lipinski definition) is 1. The molecule has 0 saturated carbocycles. The van der Waals surface area contributed by atoms with Crippen LogP contribution in [0.1, 0.15) is 26.7 Å². The number of guanidine groups is 1. The van der Waals surface area contributed by atoms with E-state index in [1.807, 2.05) is 11.8 Å². The Hall–Kier alpha value is -1.35. The lowest BCUT2D eigenvalue weighted by Crippen LogP contribution is -2.53. The highest BCUT2D eigenvalue weighted by Crippen LogP contribution is 2.19. The van der Waals surface area contributed by atoms with Gasteiger partial charge in [-0.2, -0.15) is 0 Å². The summed E-state index contributed by atoms with van der Waals surface area (Å²) in [5, 5.41) is 3.34. The maximum Gasteiger partial charge on any atom is 0.219 e. The molecule has 9 heteroatoms. The second kappa shape index (κ2) is 8.84. The highest BCUT2D eigenvalue weighted by Gasteiger charge is 2.25. The fraction of sp³-hybridized carbons (Fsp3) is 0.875. The average molecular weight is 374 g/mol. The van der Waals surface area contributed by atoms with E-state index in [-0.39, 0.29) is 5.91 Å². The molecule has 0 aromatic carbocycles. The predicted octanol–water partition coefficient (Wildman–Crippen LogP) is -0.212. The van der Waals surface area contributed by atoms with Gasteiger partial charge in [-0.3, -0.25) is 9.79 Å². The fourth-order valence-corrected chi connectivity index (χ4v) is 4.17. The van der Waals surface area contributed by atoms with Gasteiger partial charge in [0.15, 0.2) is 5.96 Å². The van der Waals surface area contributed by atoms with E-state index in [4.69, 9.17) is 4.99 Å². The zero-order valence-electron chi connectivity index (χ0n) is 15.6. The molecule has 0 aliphatic carbocycles. The van der Waals surface area contributed by atoms with Crippen molar-refractivity contribution in [3.63, 3.8) is 0 Å². The Bertz CT molecular complexity index is 577. The van der Waals surface area contributed by atoms with Crippen molar-refractivity contribution in [2.45, 2.75) is 26.7 Å². The third-order valence-corrected chi connectivity index (χ3v) is 6.20. The normalized spacial score (nSPS) is 21.5. The molecular formula is C16H31N5O3S. The number of nitrogens with one attached hydrogen (secondary N) is 1. The molecule has 0 atom stereocenters. The first-order valence-corrected chi connectivity index (χ1v) is 10.9. The number of piperidine rings is 1. The molecule has 1 amide bonds. The van der Waals surface area contributed by atoms with Gasteiger partial charge in [0, 0.05) is 59.3 Å². The monoisotopic (exact) mass is 373 g/mol. The van der Waals surface area contributed by atoms with E-state index in [0.717, 1.165) is 51.5 Å². The summed E-state index contributed by atoms with van der Waals surface area (Å²) in [6.45, 7) is 9.39. The van der Waals surface area contributed by atoms with Crippen molar-refractivity contribution in [2.75, 3.05) is 58.6 Å². The van der Waals surface area contributed by atoms with Crippen LogP contribution in [0.15, 0.2) is 4.99 Å². The number of amides is 1. The molecule has 1 N–H and O–H groups in total. The van der Waals surface area contributed by atoms with Gasteiger partial charge in [-0.1, -0.05) is 0 Å². The molecule has 0 spiro atoms. The lowest BCUT2D eigenvalue weighted by molar-refractivity contribution is -0.130. The summed E-state index contributed by atoms with van der Waals surface area (Å²) in [6.07, 6.45) is 2.98. The predicted molar refractivity (Wildman–Crippen MR) is 98.9 cm³/mol. The third-order valence-electron chi connectivity index (χ3n) is 4.90. The molecule has 144 valence electrons.